The van der Waals surface area contributed by atoms with Crippen LogP contribution in [0.4, 0.5) is 4.39 Å². The molecule has 0 saturated carbocycles. The lowest BCUT2D eigenvalue weighted by Gasteiger charge is -2.39. The minimum atomic E-state index is -0.553. The SMILES string of the molecule is CC(C)(C)[C@H](CC(=O)c1cc2cccc(F)c2[nH]1)C(=O)N1C[C@@H]2C[C@H]1CN2C(=O)c1cc2ccc(Cl)cc2[nH]1. The highest BCUT2D eigenvalue weighted by Gasteiger charge is 2.50. The molecule has 2 aliphatic heterocycles. The number of ketones is 1. The molecule has 9 heteroatoms. The zero-order valence-electron chi connectivity index (χ0n) is 22.1. The summed E-state index contributed by atoms with van der Waals surface area (Å²) in [5.41, 5.74) is 1.44. The van der Waals surface area contributed by atoms with E-state index in [0.717, 1.165) is 17.3 Å². The number of aromatic nitrogens is 2. The lowest BCUT2D eigenvalue weighted by molar-refractivity contribution is -0.141. The molecular weight excluding hydrogens is 519 g/mol. The zero-order chi connectivity index (χ0) is 27.6. The van der Waals surface area contributed by atoms with Gasteiger partial charge in [-0.2, -0.15) is 0 Å². The fourth-order valence-electron chi connectivity index (χ4n) is 6.08. The van der Waals surface area contributed by atoms with Crippen molar-refractivity contribution in [3.8, 4) is 0 Å². The van der Waals surface area contributed by atoms with E-state index in [-0.39, 0.29) is 36.1 Å². The second-order valence-corrected chi connectivity index (χ2v) is 12.3. The number of benzene rings is 2. The molecule has 2 bridgehead atoms. The molecule has 0 aliphatic carbocycles. The summed E-state index contributed by atoms with van der Waals surface area (Å²) in [6.45, 7) is 6.78. The number of Topliss-reactive ketones (excluding diaryl/α,β-unsaturated/α-hetero) is 1. The molecule has 2 aliphatic rings. The van der Waals surface area contributed by atoms with E-state index >= 15 is 0 Å². The summed E-state index contributed by atoms with van der Waals surface area (Å²) >= 11 is 6.09. The number of likely N-dealkylation sites (tertiary alicyclic amines) is 2. The normalized spacial score (nSPS) is 19.8. The van der Waals surface area contributed by atoms with Crippen LogP contribution in [-0.4, -0.2) is 62.5 Å². The first-order valence-corrected chi connectivity index (χ1v) is 13.6. The Morgan fingerprint density at radius 1 is 0.974 bits per heavy atom. The summed E-state index contributed by atoms with van der Waals surface area (Å²) in [7, 11) is 0. The van der Waals surface area contributed by atoms with E-state index in [4.69, 9.17) is 11.6 Å². The number of fused-ring (bicyclic) bond motifs is 4. The van der Waals surface area contributed by atoms with Crippen LogP contribution in [0.2, 0.25) is 5.02 Å². The van der Waals surface area contributed by atoms with Gasteiger partial charge in [0.15, 0.2) is 5.78 Å². The van der Waals surface area contributed by atoms with Crippen LogP contribution in [0.15, 0.2) is 48.5 Å². The first-order valence-electron chi connectivity index (χ1n) is 13.2. The summed E-state index contributed by atoms with van der Waals surface area (Å²) in [6, 6.07) is 13.5. The summed E-state index contributed by atoms with van der Waals surface area (Å²) in [5.74, 6) is -1.35. The van der Waals surface area contributed by atoms with Crippen LogP contribution in [-0.2, 0) is 4.79 Å². The number of amides is 2. The molecule has 2 amide bonds. The van der Waals surface area contributed by atoms with Gasteiger partial charge in [0.1, 0.15) is 11.5 Å². The zero-order valence-corrected chi connectivity index (χ0v) is 22.8. The van der Waals surface area contributed by atoms with Crippen molar-refractivity contribution >= 4 is 51.0 Å². The highest BCUT2D eigenvalue weighted by atomic mass is 35.5. The van der Waals surface area contributed by atoms with Crippen LogP contribution in [0.25, 0.3) is 21.8 Å². The molecule has 7 nitrogen and oxygen atoms in total. The maximum absolute atomic E-state index is 14.2. The molecule has 2 saturated heterocycles. The third kappa shape index (κ3) is 4.50. The van der Waals surface area contributed by atoms with Gasteiger partial charge in [-0.1, -0.05) is 50.6 Å². The molecule has 0 unspecified atom stereocenters. The number of para-hydroxylation sites is 1. The Morgan fingerprint density at radius 3 is 2.38 bits per heavy atom. The van der Waals surface area contributed by atoms with Crippen LogP contribution in [0, 0.1) is 17.2 Å². The molecule has 6 rings (SSSR count). The first kappa shape index (κ1) is 25.6. The molecule has 4 heterocycles. The van der Waals surface area contributed by atoms with Crippen molar-refractivity contribution in [1.82, 2.24) is 19.8 Å². The quantitative estimate of drug-likeness (QED) is 0.309. The predicted molar refractivity (Wildman–Crippen MR) is 148 cm³/mol. The van der Waals surface area contributed by atoms with Gasteiger partial charge in [0.2, 0.25) is 5.91 Å². The highest BCUT2D eigenvalue weighted by Crippen LogP contribution is 2.38. The lowest BCUT2D eigenvalue weighted by Crippen LogP contribution is -2.53. The molecule has 0 spiro atoms. The van der Waals surface area contributed by atoms with E-state index in [1.165, 1.54) is 6.07 Å². The Labute approximate surface area is 230 Å². The number of H-pyrrole nitrogens is 2. The molecule has 202 valence electrons. The summed E-state index contributed by atoms with van der Waals surface area (Å²) < 4.78 is 14.2. The fourth-order valence-corrected chi connectivity index (χ4v) is 6.26. The first-order chi connectivity index (χ1) is 18.5. The predicted octanol–water partition coefficient (Wildman–Crippen LogP) is 5.80. The third-order valence-corrected chi connectivity index (χ3v) is 8.47. The van der Waals surface area contributed by atoms with Crippen molar-refractivity contribution in [1.29, 1.82) is 0 Å². The van der Waals surface area contributed by atoms with Crippen molar-refractivity contribution in [3.05, 3.63) is 70.8 Å². The van der Waals surface area contributed by atoms with Gasteiger partial charge in [-0.05, 0) is 42.2 Å². The Morgan fingerprint density at radius 2 is 1.69 bits per heavy atom. The van der Waals surface area contributed by atoms with Crippen molar-refractivity contribution in [2.45, 2.75) is 45.7 Å². The number of aromatic amines is 2. The molecule has 2 fully saturated rings. The Bertz CT molecular complexity index is 1630. The summed E-state index contributed by atoms with van der Waals surface area (Å²) in [6.07, 6.45) is 0.737. The van der Waals surface area contributed by atoms with Crippen LogP contribution < -0.4 is 0 Å². The van der Waals surface area contributed by atoms with E-state index in [0.29, 0.717) is 40.4 Å². The number of carbonyl (C=O) groups is 3. The van der Waals surface area contributed by atoms with Crippen molar-refractivity contribution in [2.24, 2.45) is 11.3 Å². The number of nitrogens with zero attached hydrogens (tertiary/aromatic N) is 2. The van der Waals surface area contributed by atoms with Crippen molar-refractivity contribution in [3.63, 3.8) is 0 Å². The Hall–Kier alpha value is -3.65. The van der Waals surface area contributed by atoms with Crippen LogP contribution in [0.5, 0.6) is 0 Å². The lowest BCUT2D eigenvalue weighted by atomic mass is 9.76. The second kappa shape index (κ2) is 9.23. The number of carbonyl (C=O) groups excluding carboxylic acids is 3. The molecule has 4 aromatic rings. The van der Waals surface area contributed by atoms with Gasteiger partial charge in [-0.25, -0.2) is 4.39 Å². The Kier molecular flexibility index (Phi) is 6.06. The minimum Gasteiger partial charge on any atom is -0.350 e. The molecule has 3 atom stereocenters. The average Bonchev–Trinajstić information content (AvgIpc) is 3.67. The standard InChI is InChI=1S/C30H30ClFN4O3/c1-30(2,3)21(13-26(37)24-10-17-5-4-6-22(32)27(17)34-24)28(38)35-14-20-12-19(35)15-36(20)29(39)25-9-16-7-8-18(31)11-23(16)33-25/h4-11,19-21,33-34H,12-15H2,1-3H3/t19-,20-,21+/m0/s1. The fraction of sp³-hybridized carbons (Fsp3) is 0.367. The molecular formula is C30H30ClFN4O3. The van der Waals surface area contributed by atoms with E-state index in [9.17, 15) is 18.8 Å². The number of halogens is 2. The number of hydrogen-bond donors (Lipinski definition) is 2. The molecule has 2 aromatic heterocycles. The monoisotopic (exact) mass is 548 g/mol. The van der Waals surface area contributed by atoms with Crippen molar-refractivity contribution < 1.29 is 18.8 Å². The third-order valence-electron chi connectivity index (χ3n) is 8.24. The van der Waals surface area contributed by atoms with E-state index in [1.807, 2.05) is 42.7 Å². The number of hydrogen-bond acceptors (Lipinski definition) is 3. The number of rotatable bonds is 5. The van der Waals surface area contributed by atoms with Crippen LogP contribution >= 0.6 is 11.6 Å². The van der Waals surface area contributed by atoms with E-state index in [2.05, 4.69) is 9.97 Å². The largest absolute Gasteiger partial charge is 0.350 e. The second-order valence-electron chi connectivity index (χ2n) is 11.8. The molecule has 2 aromatic carbocycles. The van der Waals surface area contributed by atoms with Gasteiger partial charge in [0.05, 0.1) is 29.2 Å². The average molecular weight is 549 g/mol. The van der Waals surface area contributed by atoms with E-state index < -0.39 is 17.2 Å². The van der Waals surface area contributed by atoms with Crippen molar-refractivity contribution in [2.75, 3.05) is 13.1 Å². The van der Waals surface area contributed by atoms with E-state index in [1.54, 1.807) is 30.3 Å². The maximum Gasteiger partial charge on any atom is 0.270 e. The number of nitrogens with one attached hydrogen (secondary N) is 2. The maximum atomic E-state index is 14.2. The summed E-state index contributed by atoms with van der Waals surface area (Å²) in [4.78, 5) is 50.2. The van der Waals surface area contributed by atoms with Crippen LogP contribution in [0.1, 0.15) is 54.6 Å². The van der Waals surface area contributed by atoms with Gasteiger partial charge in [-0.15, -0.1) is 0 Å². The molecule has 2 N–H and O–H groups in total. The summed E-state index contributed by atoms with van der Waals surface area (Å²) in [5, 5.41) is 2.14. The highest BCUT2D eigenvalue weighted by molar-refractivity contribution is 6.31. The minimum absolute atomic E-state index is 0.0188. The topological polar surface area (TPSA) is 89.3 Å². The van der Waals surface area contributed by atoms with Gasteiger partial charge >= 0.3 is 0 Å². The van der Waals surface area contributed by atoms with Gasteiger partial charge in [0.25, 0.3) is 5.91 Å². The number of piperazine rings is 1. The van der Waals surface area contributed by atoms with Gasteiger partial charge in [-0.3, -0.25) is 14.4 Å². The Balaban J connectivity index is 1.17. The van der Waals surface area contributed by atoms with Crippen LogP contribution in [0.3, 0.4) is 0 Å². The smallest absolute Gasteiger partial charge is 0.270 e. The van der Waals surface area contributed by atoms with Gasteiger partial charge in [0, 0.05) is 40.8 Å². The molecule has 39 heavy (non-hydrogen) atoms. The van der Waals surface area contributed by atoms with Gasteiger partial charge < -0.3 is 19.8 Å². The molecule has 0 radical (unpaired) electrons.